The van der Waals surface area contributed by atoms with Crippen LogP contribution in [0.15, 0.2) is 40.9 Å². The quantitative estimate of drug-likeness (QED) is 0.304. The Morgan fingerprint density at radius 3 is 2.58 bits per heavy atom. The van der Waals surface area contributed by atoms with Crippen LogP contribution in [0, 0.1) is 13.8 Å². The number of anilines is 2. The number of H-pyrrole nitrogens is 1. The molecule has 0 radical (unpaired) electrons. The van der Waals surface area contributed by atoms with Crippen molar-refractivity contribution in [2.24, 2.45) is 7.05 Å². The normalized spacial score (nSPS) is 11.9. The number of benzene rings is 2. The summed E-state index contributed by atoms with van der Waals surface area (Å²) in [5, 5.41) is 15.2. The highest BCUT2D eigenvalue weighted by molar-refractivity contribution is 6.13. The fourth-order valence-electron chi connectivity index (χ4n) is 4.84. The van der Waals surface area contributed by atoms with Gasteiger partial charge in [0.2, 0.25) is 0 Å². The SMILES string of the molecule is COc1cc2c(cc1-c1c(C)noc1C)[nH]c1nc(C(C)C)nc(Nc3nn(C)c4ccccc34)c12. The molecule has 0 amide bonds. The molecule has 182 valence electrons. The Hall–Kier alpha value is -4.40. The van der Waals surface area contributed by atoms with Crippen LogP contribution in [0.1, 0.15) is 37.0 Å². The van der Waals surface area contributed by atoms with Gasteiger partial charge < -0.3 is 19.6 Å². The zero-order valence-electron chi connectivity index (χ0n) is 21.1. The zero-order valence-corrected chi connectivity index (χ0v) is 21.1. The number of hydrogen-bond acceptors (Lipinski definition) is 7. The third kappa shape index (κ3) is 3.30. The molecule has 2 N–H and O–H groups in total. The number of nitrogens with one attached hydrogen (secondary N) is 2. The van der Waals surface area contributed by atoms with Gasteiger partial charge in [-0.25, -0.2) is 9.97 Å². The summed E-state index contributed by atoms with van der Waals surface area (Å²) in [5.74, 6) is 3.80. The van der Waals surface area contributed by atoms with Gasteiger partial charge in [0, 0.05) is 34.8 Å². The van der Waals surface area contributed by atoms with E-state index in [1.165, 1.54) is 0 Å². The predicted molar refractivity (Wildman–Crippen MR) is 141 cm³/mol. The molecule has 9 heteroatoms. The Labute approximate surface area is 207 Å². The van der Waals surface area contributed by atoms with E-state index in [9.17, 15) is 0 Å². The largest absolute Gasteiger partial charge is 0.496 e. The lowest BCUT2D eigenvalue weighted by Gasteiger charge is -2.11. The Kier molecular flexibility index (Phi) is 4.96. The van der Waals surface area contributed by atoms with Crippen molar-refractivity contribution in [3.8, 4) is 16.9 Å². The highest BCUT2D eigenvalue weighted by Gasteiger charge is 2.22. The number of fused-ring (bicyclic) bond motifs is 4. The highest BCUT2D eigenvalue weighted by Crippen LogP contribution is 2.41. The smallest absolute Gasteiger partial charge is 0.161 e. The molecule has 2 aromatic carbocycles. The van der Waals surface area contributed by atoms with Crippen molar-refractivity contribution >= 4 is 44.5 Å². The predicted octanol–water partition coefficient (Wildman–Crippen LogP) is 6.15. The van der Waals surface area contributed by atoms with E-state index in [2.05, 4.69) is 47.5 Å². The van der Waals surface area contributed by atoms with Crippen molar-refractivity contribution in [1.29, 1.82) is 0 Å². The van der Waals surface area contributed by atoms with E-state index in [4.69, 9.17) is 24.3 Å². The second kappa shape index (κ2) is 8.08. The molecule has 0 aliphatic heterocycles. The number of para-hydroxylation sites is 1. The number of ether oxygens (including phenoxy) is 1. The van der Waals surface area contributed by atoms with Crippen LogP contribution in [0.25, 0.3) is 44.0 Å². The summed E-state index contributed by atoms with van der Waals surface area (Å²) in [6.45, 7) is 8.01. The van der Waals surface area contributed by atoms with Crippen LogP contribution >= 0.6 is 0 Å². The van der Waals surface area contributed by atoms with E-state index in [0.29, 0.717) is 5.82 Å². The first-order valence-corrected chi connectivity index (χ1v) is 11.9. The molecule has 0 aliphatic carbocycles. The summed E-state index contributed by atoms with van der Waals surface area (Å²) < 4.78 is 13.1. The molecule has 0 unspecified atom stereocenters. The summed E-state index contributed by atoms with van der Waals surface area (Å²) in [6, 6.07) is 12.2. The van der Waals surface area contributed by atoms with Gasteiger partial charge in [-0.05, 0) is 38.1 Å². The number of nitrogens with zero attached hydrogens (tertiary/aromatic N) is 5. The van der Waals surface area contributed by atoms with E-state index in [0.717, 1.165) is 72.8 Å². The van der Waals surface area contributed by atoms with Gasteiger partial charge in [0.25, 0.3) is 0 Å². The highest BCUT2D eigenvalue weighted by atomic mass is 16.5. The van der Waals surface area contributed by atoms with Crippen LogP contribution in [0.3, 0.4) is 0 Å². The summed E-state index contributed by atoms with van der Waals surface area (Å²) in [5.41, 5.74) is 5.37. The molecule has 0 bridgehead atoms. The van der Waals surface area contributed by atoms with Gasteiger partial charge in [-0.1, -0.05) is 31.1 Å². The average molecular weight is 482 g/mol. The second-order valence-electron chi connectivity index (χ2n) is 9.35. The molecule has 0 saturated heterocycles. The monoisotopic (exact) mass is 481 g/mol. The summed E-state index contributed by atoms with van der Waals surface area (Å²) in [6.07, 6.45) is 0. The van der Waals surface area contributed by atoms with Gasteiger partial charge in [-0.3, -0.25) is 4.68 Å². The number of aromatic amines is 1. The Morgan fingerprint density at radius 1 is 1.06 bits per heavy atom. The Morgan fingerprint density at radius 2 is 1.86 bits per heavy atom. The van der Waals surface area contributed by atoms with Crippen molar-refractivity contribution < 1.29 is 9.26 Å². The lowest BCUT2D eigenvalue weighted by atomic mass is 10.0. The van der Waals surface area contributed by atoms with E-state index in [1.54, 1.807) is 7.11 Å². The van der Waals surface area contributed by atoms with E-state index in [-0.39, 0.29) is 5.92 Å². The molecule has 6 aromatic rings. The van der Waals surface area contributed by atoms with Crippen molar-refractivity contribution in [2.45, 2.75) is 33.6 Å². The Balaban J connectivity index is 1.62. The van der Waals surface area contributed by atoms with Crippen LogP contribution < -0.4 is 10.1 Å². The number of aryl methyl sites for hydroxylation is 3. The molecule has 0 aliphatic rings. The molecule has 9 nitrogen and oxygen atoms in total. The first-order valence-electron chi connectivity index (χ1n) is 11.9. The topological polar surface area (TPSA) is 107 Å². The lowest BCUT2D eigenvalue weighted by molar-refractivity contribution is 0.393. The molecule has 0 spiro atoms. The van der Waals surface area contributed by atoms with Gasteiger partial charge in [0.1, 0.15) is 28.8 Å². The standard InChI is InChI=1S/C27H27N7O2/c1-13(2)24-29-26-23(27(30-24)31-25-16-9-7-8-10-20(16)34(5)32-25)17-12-21(35-6)18(11-19(17)28-26)22-14(3)33-36-15(22)4/h7-13H,1-6H3,(H2,28,29,30,31,32). The minimum atomic E-state index is 0.147. The fraction of sp³-hybridized carbons (Fsp3) is 0.259. The number of hydrogen-bond donors (Lipinski definition) is 2. The number of methoxy groups -OCH3 is 1. The molecular formula is C27H27N7O2. The van der Waals surface area contributed by atoms with E-state index in [1.807, 2.05) is 43.8 Å². The van der Waals surface area contributed by atoms with Gasteiger partial charge in [0.15, 0.2) is 5.82 Å². The first-order chi connectivity index (χ1) is 17.4. The van der Waals surface area contributed by atoms with Crippen LogP contribution in [0.2, 0.25) is 0 Å². The van der Waals surface area contributed by atoms with Gasteiger partial charge in [0.05, 0.1) is 29.3 Å². The maximum atomic E-state index is 5.83. The third-order valence-corrected chi connectivity index (χ3v) is 6.60. The third-order valence-electron chi connectivity index (χ3n) is 6.60. The maximum Gasteiger partial charge on any atom is 0.161 e. The number of rotatable bonds is 5. The zero-order chi connectivity index (χ0) is 25.1. The van der Waals surface area contributed by atoms with Gasteiger partial charge >= 0.3 is 0 Å². The minimum absolute atomic E-state index is 0.147. The first kappa shape index (κ1) is 22.1. The summed E-state index contributed by atoms with van der Waals surface area (Å²) >= 11 is 0. The van der Waals surface area contributed by atoms with Crippen molar-refractivity contribution in [3.05, 3.63) is 53.7 Å². The lowest BCUT2D eigenvalue weighted by Crippen LogP contribution is -2.03. The van der Waals surface area contributed by atoms with Crippen LogP contribution in [0.4, 0.5) is 11.6 Å². The fourth-order valence-corrected chi connectivity index (χ4v) is 4.84. The average Bonchev–Trinajstić information content (AvgIpc) is 3.50. The summed E-state index contributed by atoms with van der Waals surface area (Å²) in [7, 11) is 3.61. The maximum absolute atomic E-state index is 5.83. The van der Waals surface area contributed by atoms with Crippen molar-refractivity contribution in [2.75, 3.05) is 12.4 Å². The molecule has 0 saturated carbocycles. The van der Waals surface area contributed by atoms with Crippen molar-refractivity contribution in [3.63, 3.8) is 0 Å². The molecule has 36 heavy (non-hydrogen) atoms. The van der Waals surface area contributed by atoms with E-state index < -0.39 is 0 Å². The van der Waals surface area contributed by atoms with Crippen LogP contribution in [0.5, 0.6) is 5.75 Å². The molecule has 0 atom stereocenters. The van der Waals surface area contributed by atoms with Crippen molar-refractivity contribution in [1.82, 2.24) is 29.9 Å². The number of aromatic nitrogens is 6. The van der Waals surface area contributed by atoms with Crippen LogP contribution in [-0.4, -0.2) is 37.0 Å². The molecular weight excluding hydrogens is 454 g/mol. The van der Waals surface area contributed by atoms with E-state index >= 15 is 0 Å². The summed E-state index contributed by atoms with van der Waals surface area (Å²) in [4.78, 5) is 13.3. The second-order valence-corrected chi connectivity index (χ2v) is 9.35. The minimum Gasteiger partial charge on any atom is -0.496 e. The molecule has 0 fully saturated rings. The molecule has 4 heterocycles. The van der Waals surface area contributed by atoms with Gasteiger partial charge in [-0.15, -0.1) is 0 Å². The van der Waals surface area contributed by atoms with Crippen LogP contribution in [-0.2, 0) is 7.05 Å². The molecule has 6 rings (SSSR count). The molecule has 4 aromatic heterocycles. The van der Waals surface area contributed by atoms with Gasteiger partial charge in [-0.2, -0.15) is 5.10 Å². The Bertz CT molecular complexity index is 1750.